The molecule has 0 amide bonds. The van der Waals surface area contributed by atoms with Crippen LogP contribution in [0.15, 0.2) is 60.7 Å². The summed E-state index contributed by atoms with van der Waals surface area (Å²) in [7, 11) is 0. The molecule has 0 aromatic heterocycles. The lowest BCUT2D eigenvalue weighted by atomic mass is 10.1. The number of esters is 2. The van der Waals surface area contributed by atoms with Crippen LogP contribution < -0.4 is 9.47 Å². The fourth-order valence-electron chi connectivity index (χ4n) is 1.76. The zero-order chi connectivity index (χ0) is 15.9. The van der Waals surface area contributed by atoms with Crippen molar-refractivity contribution in [2.24, 2.45) is 5.92 Å². The Balaban J connectivity index is 2.10. The van der Waals surface area contributed by atoms with Gasteiger partial charge >= 0.3 is 11.9 Å². The molecule has 5 heteroatoms. The van der Waals surface area contributed by atoms with E-state index in [1.54, 1.807) is 60.7 Å². The lowest BCUT2D eigenvalue weighted by molar-refractivity contribution is -0.154. The minimum Gasteiger partial charge on any atom is -0.426 e. The average Bonchev–Trinajstić information content (AvgIpc) is 2.48. The van der Waals surface area contributed by atoms with Crippen molar-refractivity contribution in [3.8, 4) is 11.5 Å². The monoisotopic (exact) mass is 298 g/mol. The predicted molar refractivity (Wildman–Crippen MR) is 78.3 cm³/mol. The van der Waals surface area contributed by atoms with Gasteiger partial charge in [-0.05, 0) is 31.2 Å². The van der Waals surface area contributed by atoms with E-state index in [0.717, 1.165) is 6.92 Å². The number of ketones is 1. The van der Waals surface area contributed by atoms with Crippen molar-refractivity contribution in [2.45, 2.75) is 6.92 Å². The van der Waals surface area contributed by atoms with Crippen molar-refractivity contribution in [1.29, 1.82) is 0 Å². The molecule has 5 nitrogen and oxygen atoms in total. The number of rotatable bonds is 5. The minimum atomic E-state index is -1.61. The summed E-state index contributed by atoms with van der Waals surface area (Å²) in [5.41, 5.74) is 0. The van der Waals surface area contributed by atoms with Crippen molar-refractivity contribution in [2.75, 3.05) is 0 Å². The largest absolute Gasteiger partial charge is 0.426 e. The first-order valence-electron chi connectivity index (χ1n) is 6.62. The maximum absolute atomic E-state index is 12.0. The summed E-state index contributed by atoms with van der Waals surface area (Å²) in [6, 6.07) is 16.4. The van der Waals surface area contributed by atoms with Gasteiger partial charge in [-0.3, -0.25) is 14.4 Å². The second-order valence-corrected chi connectivity index (χ2v) is 4.51. The molecule has 22 heavy (non-hydrogen) atoms. The Morgan fingerprint density at radius 2 is 1.09 bits per heavy atom. The first-order valence-corrected chi connectivity index (χ1v) is 6.62. The molecule has 0 aliphatic heterocycles. The van der Waals surface area contributed by atoms with E-state index >= 15 is 0 Å². The lowest BCUT2D eigenvalue weighted by Crippen LogP contribution is -2.36. The topological polar surface area (TPSA) is 69.7 Å². The van der Waals surface area contributed by atoms with E-state index in [2.05, 4.69) is 0 Å². The highest BCUT2D eigenvalue weighted by Crippen LogP contribution is 2.15. The van der Waals surface area contributed by atoms with Gasteiger partial charge in [0.25, 0.3) is 0 Å². The SMILES string of the molecule is CC(=O)C(C(=O)Oc1ccccc1)C(=O)Oc1ccccc1. The number of hydrogen-bond acceptors (Lipinski definition) is 5. The number of carbonyl (C=O) groups is 3. The van der Waals surface area contributed by atoms with Gasteiger partial charge in [0.1, 0.15) is 11.5 Å². The highest BCUT2D eigenvalue weighted by Gasteiger charge is 2.35. The molecule has 0 bridgehead atoms. The first kappa shape index (κ1) is 15.4. The second-order valence-electron chi connectivity index (χ2n) is 4.51. The van der Waals surface area contributed by atoms with Crippen LogP contribution in [0.5, 0.6) is 11.5 Å². The van der Waals surface area contributed by atoms with Crippen LogP contribution in [-0.2, 0) is 14.4 Å². The van der Waals surface area contributed by atoms with Gasteiger partial charge in [0.05, 0.1) is 0 Å². The maximum Gasteiger partial charge on any atom is 0.333 e. The Kier molecular flexibility index (Phi) is 5.03. The molecule has 0 fully saturated rings. The van der Waals surface area contributed by atoms with E-state index in [4.69, 9.17) is 9.47 Å². The summed E-state index contributed by atoms with van der Waals surface area (Å²) >= 11 is 0. The van der Waals surface area contributed by atoms with Crippen molar-refractivity contribution < 1.29 is 23.9 Å². The number of hydrogen-bond donors (Lipinski definition) is 0. The fourth-order valence-corrected chi connectivity index (χ4v) is 1.76. The summed E-state index contributed by atoms with van der Waals surface area (Å²) < 4.78 is 10.1. The van der Waals surface area contributed by atoms with E-state index in [1.165, 1.54) is 0 Å². The third-order valence-electron chi connectivity index (χ3n) is 2.80. The number of para-hydroxylation sites is 2. The molecule has 112 valence electrons. The first-order chi connectivity index (χ1) is 10.6. The third kappa shape index (κ3) is 4.02. The summed E-state index contributed by atoms with van der Waals surface area (Å²) in [6.07, 6.45) is 0. The van der Waals surface area contributed by atoms with Crippen LogP contribution >= 0.6 is 0 Å². The van der Waals surface area contributed by atoms with Crippen LogP contribution in [0.2, 0.25) is 0 Å². The Morgan fingerprint density at radius 3 is 1.41 bits per heavy atom. The molecule has 0 radical (unpaired) electrons. The molecule has 0 unspecified atom stereocenters. The van der Waals surface area contributed by atoms with Gasteiger partial charge in [0.15, 0.2) is 5.78 Å². The Hall–Kier alpha value is -2.95. The number of carbonyl (C=O) groups excluding carboxylic acids is 3. The average molecular weight is 298 g/mol. The van der Waals surface area contributed by atoms with E-state index in [-0.39, 0.29) is 11.5 Å². The zero-order valence-electron chi connectivity index (χ0n) is 11.9. The number of benzene rings is 2. The molecule has 0 N–H and O–H groups in total. The molecule has 0 aliphatic rings. The zero-order valence-corrected chi connectivity index (χ0v) is 11.9. The Bertz CT molecular complexity index is 610. The molecular formula is C17H14O5. The molecule has 0 atom stereocenters. The molecule has 0 saturated heterocycles. The van der Waals surface area contributed by atoms with Crippen LogP contribution in [0.25, 0.3) is 0 Å². The van der Waals surface area contributed by atoms with E-state index in [1.807, 2.05) is 0 Å². The van der Waals surface area contributed by atoms with Crippen molar-refractivity contribution >= 4 is 17.7 Å². The quantitative estimate of drug-likeness (QED) is 0.481. The fraction of sp³-hybridized carbons (Fsp3) is 0.118. The van der Waals surface area contributed by atoms with E-state index < -0.39 is 23.6 Å². The lowest BCUT2D eigenvalue weighted by Gasteiger charge is -2.12. The van der Waals surface area contributed by atoms with Gasteiger partial charge in [-0.15, -0.1) is 0 Å². The summed E-state index contributed by atoms with van der Waals surface area (Å²) in [5.74, 6) is -3.65. The predicted octanol–water partition coefficient (Wildman–Crippen LogP) is 2.40. The summed E-state index contributed by atoms with van der Waals surface area (Å²) in [6.45, 7) is 1.14. The normalized spacial score (nSPS) is 10.1. The summed E-state index contributed by atoms with van der Waals surface area (Å²) in [5, 5.41) is 0. The smallest absolute Gasteiger partial charge is 0.333 e. The van der Waals surface area contributed by atoms with E-state index in [0.29, 0.717) is 0 Å². The van der Waals surface area contributed by atoms with Crippen LogP contribution in [0.1, 0.15) is 6.92 Å². The third-order valence-corrected chi connectivity index (χ3v) is 2.80. The van der Waals surface area contributed by atoms with Gasteiger partial charge in [-0.2, -0.15) is 0 Å². The number of Topliss-reactive ketones (excluding diaryl/α,β-unsaturated/α-hetero) is 1. The van der Waals surface area contributed by atoms with Crippen LogP contribution in [-0.4, -0.2) is 17.7 Å². The molecule has 2 aromatic rings. The van der Waals surface area contributed by atoms with Crippen LogP contribution in [0, 0.1) is 5.92 Å². The maximum atomic E-state index is 12.0. The molecule has 0 saturated carbocycles. The molecule has 2 rings (SSSR count). The van der Waals surface area contributed by atoms with Crippen molar-refractivity contribution in [3.05, 3.63) is 60.7 Å². The molecule has 0 heterocycles. The molecular weight excluding hydrogens is 284 g/mol. The highest BCUT2D eigenvalue weighted by atomic mass is 16.6. The van der Waals surface area contributed by atoms with Crippen molar-refractivity contribution in [3.63, 3.8) is 0 Å². The van der Waals surface area contributed by atoms with Crippen LogP contribution in [0.4, 0.5) is 0 Å². The summed E-state index contributed by atoms with van der Waals surface area (Å²) in [4.78, 5) is 35.7. The van der Waals surface area contributed by atoms with Gasteiger partial charge in [0, 0.05) is 0 Å². The van der Waals surface area contributed by atoms with Gasteiger partial charge in [-0.25, -0.2) is 0 Å². The molecule has 0 aliphatic carbocycles. The minimum absolute atomic E-state index is 0.256. The van der Waals surface area contributed by atoms with Crippen LogP contribution in [0.3, 0.4) is 0 Å². The van der Waals surface area contributed by atoms with Gasteiger partial charge < -0.3 is 9.47 Å². The number of ether oxygens (including phenoxy) is 2. The van der Waals surface area contributed by atoms with Crippen molar-refractivity contribution in [1.82, 2.24) is 0 Å². The second kappa shape index (κ2) is 7.17. The highest BCUT2D eigenvalue weighted by molar-refractivity contribution is 6.15. The standard InChI is InChI=1S/C17H14O5/c1-12(18)15(16(19)21-13-8-4-2-5-9-13)17(20)22-14-10-6-3-7-11-14/h2-11,15H,1H3. The Labute approximate surface area is 127 Å². The van der Waals surface area contributed by atoms with Gasteiger partial charge in [-0.1, -0.05) is 36.4 Å². The molecule has 0 spiro atoms. The van der Waals surface area contributed by atoms with Gasteiger partial charge in [0.2, 0.25) is 5.92 Å². The molecule has 2 aromatic carbocycles. The Morgan fingerprint density at radius 1 is 0.727 bits per heavy atom. The van der Waals surface area contributed by atoms with E-state index in [9.17, 15) is 14.4 Å².